The average Bonchev–Trinajstić information content (AvgIpc) is 2.74. The molecule has 2 aromatic rings. The van der Waals surface area contributed by atoms with Crippen molar-refractivity contribution in [2.24, 2.45) is 0 Å². The Kier molecular flexibility index (Phi) is 6.93. The highest BCUT2D eigenvalue weighted by Gasteiger charge is 2.39. The predicted octanol–water partition coefficient (Wildman–Crippen LogP) is 7.26. The molecule has 0 radical (unpaired) electrons. The summed E-state index contributed by atoms with van der Waals surface area (Å²) in [6.45, 7) is 0.898. The van der Waals surface area contributed by atoms with Crippen LogP contribution in [0.3, 0.4) is 0 Å². The fourth-order valence-electron chi connectivity index (χ4n) is 3.96. The van der Waals surface area contributed by atoms with Crippen LogP contribution in [0.25, 0.3) is 0 Å². The quantitative estimate of drug-likeness (QED) is 0.439. The number of nitrogens with one attached hydrogen (secondary N) is 1. The van der Waals surface area contributed by atoms with Gasteiger partial charge in [-0.1, -0.05) is 6.07 Å². The van der Waals surface area contributed by atoms with Crippen molar-refractivity contribution in [1.82, 2.24) is 4.90 Å². The van der Waals surface area contributed by atoms with Crippen LogP contribution in [0.1, 0.15) is 47.2 Å². The van der Waals surface area contributed by atoms with Gasteiger partial charge in [0, 0.05) is 18.3 Å². The van der Waals surface area contributed by atoms with E-state index in [4.69, 9.17) is 4.74 Å². The van der Waals surface area contributed by atoms with E-state index < -0.39 is 65.5 Å². The van der Waals surface area contributed by atoms with E-state index in [1.165, 1.54) is 0 Å². The van der Waals surface area contributed by atoms with Crippen molar-refractivity contribution in [2.45, 2.75) is 50.5 Å². The van der Waals surface area contributed by atoms with Gasteiger partial charge in [-0.2, -0.15) is 39.5 Å². The van der Waals surface area contributed by atoms with Crippen LogP contribution in [0.15, 0.2) is 36.4 Å². The molecule has 0 aromatic heterocycles. The number of methoxy groups -OCH3 is 1. The Morgan fingerprint density at radius 2 is 1.46 bits per heavy atom. The van der Waals surface area contributed by atoms with Gasteiger partial charge in [-0.05, 0) is 54.8 Å². The third-order valence-electron chi connectivity index (χ3n) is 5.50. The van der Waals surface area contributed by atoms with Crippen molar-refractivity contribution in [3.05, 3.63) is 64.2 Å². The minimum Gasteiger partial charge on any atom is -0.453 e. The van der Waals surface area contributed by atoms with E-state index in [-0.39, 0.29) is 23.7 Å². The third-order valence-corrected chi connectivity index (χ3v) is 5.50. The lowest BCUT2D eigenvalue weighted by molar-refractivity contribution is -0.143. The first-order valence-corrected chi connectivity index (χ1v) is 10.1. The SMILES string of the molecule is COC(=O)N(Cc1cc(C(F)(F)F)cc(C(F)(F)F)c1)C1CC(C)Nc2cc(C(F)(F)F)ccc21. The van der Waals surface area contributed by atoms with Crippen LogP contribution in [0.2, 0.25) is 0 Å². The molecule has 0 saturated heterocycles. The summed E-state index contributed by atoms with van der Waals surface area (Å²) in [7, 11) is 0.973. The van der Waals surface area contributed by atoms with Crippen LogP contribution in [0.5, 0.6) is 0 Å². The molecule has 13 heteroatoms. The third kappa shape index (κ3) is 5.93. The van der Waals surface area contributed by atoms with Gasteiger partial charge in [0.15, 0.2) is 0 Å². The number of carbonyl (C=O) groups excluding carboxylic acids is 1. The van der Waals surface area contributed by atoms with Gasteiger partial charge in [0.2, 0.25) is 0 Å². The number of nitrogens with zero attached hydrogens (tertiary/aromatic N) is 1. The van der Waals surface area contributed by atoms with Gasteiger partial charge >= 0.3 is 24.6 Å². The van der Waals surface area contributed by atoms with E-state index in [2.05, 4.69) is 5.32 Å². The van der Waals surface area contributed by atoms with E-state index in [0.717, 1.165) is 30.2 Å². The maximum atomic E-state index is 13.3. The van der Waals surface area contributed by atoms with Crippen molar-refractivity contribution >= 4 is 11.8 Å². The van der Waals surface area contributed by atoms with Crippen LogP contribution in [0.4, 0.5) is 50.0 Å². The van der Waals surface area contributed by atoms with E-state index in [1.807, 2.05) is 0 Å². The highest BCUT2D eigenvalue weighted by molar-refractivity contribution is 5.70. The molecular weight excluding hydrogens is 495 g/mol. The summed E-state index contributed by atoms with van der Waals surface area (Å²) in [5, 5.41) is 2.86. The van der Waals surface area contributed by atoms with Gasteiger partial charge in [0.25, 0.3) is 0 Å². The molecule has 0 fully saturated rings. The van der Waals surface area contributed by atoms with E-state index >= 15 is 0 Å². The predicted molar refractivity (Wildman–Crippen MR) is 106 cm³/mol. The number of benzene rings is 2. The van der Waals surface area contributed by atoms with Crippen LogP contribution < -0.4 is 5.32 Å². The Morgan fingerprint density at radius 1 is 0.914 bits per heavy atom. The van der Waals surface area contributed by atoms with Crippen LogP contribution >= 0.6 is 0 Å². The van der Waals surface area contributed by atoms with Gasteiger partial charge in [-0.25, -0.2) is 4.79 Å². The lowest BCUT2D eigenvalue weighted by Gasteiger charge is -2.38. The minimum absolute atomic E-state index is 0.0352. The number of hydrogen-bond donors (Lipinski definition) is 1. The molecule has 2 unspecified atom stereocenters. The van der Waals surface area contributed by atoms with Crippen molar-refractivity contribution < 1.29 is 49.0 Å². The number of ether oxygens (including phenoxy) is 1. The molecule has 1 N–H and O–H groups in total. The summed E-state index contributed by atoms with van der Waals surface area (Å²) in [4.78, 5) is 13.5. The maximum absolute atomic E-state index is 13.3. The van der Waals surface area contributed by atoms with E-state index in [9.17, 15) is 44.3 Å². The topological polar surface area (TPSA) is 41.6 Å². The normalized spacial score (nSPS) is 18.5. The molecule has 1 aliphatic rings. The minimum atomic E-state index is -5.09. The number of amides is 1. The Hall–Kier alpha value is -3.12. The summed E-state index contributed by atoms with van der Waals surface area (Å²) >= 11 is 0. The van der Waals surface area contributed by atoms with Crippen LogP contribution in [0, 0.1) is 0 Å². The Labute approximate surface area is 193 Å². The second kappa shape index (κ2) is 9.15. The number of carbonyl (C=O) groups is 1. The lowest BCUT2D eigenvalue weighted by Crippen LogP contribution is -2.40. The van der Waals surface area contributed by atoms with Gasteiger partial charge in [0.05, 0.1) is 29.8 Å². The summed E-state index contributed by atoms with van der Waals surface area (Å²) in [5.41, 5.74) is -4.30. The molecule has 4 nitrogen and oxygen atoms in total. The van der Waals surface area contributed by atoms with E-state index in [0.29, 0.717) is 12.1 Å². The smallest absolute Gasteiger partial charge is 0.416 e. The molecule has 0 saturated carbocycles. The molecular formula is C22H19F9N2O2. The molecule has 192 valence electrons. The number of anilines is 1. The number of hydrogen-bond acceptors (Lipinski definition) is 3. The Balaban J connectivity index is 2.09. The fraction of sp³-hybridized carbons (Fsp3) is 0.409. The summed E-state index contributed by atoms with van der Waals surface area (Å²) in [6, 6.07) is 2.21. The first-order valence-electron chi connectivity index (χ1n) is 10.1. The molecule has 35 heavy (non-hydrogen) atoms. The van der Waals surface area contributed by atoms with Crippen molar-refractivity contribution in [2.75, 3.05) is 12.4 Å². The van der Waals surface area contributed by atoms with Crippen LogP contribution in [-0.2, 0) is 29.8 Å². The summed E-state index contributed by atoms with van der Waals surface area (Å²) in [5.74, 6) is 0. The van der Waals surface area contributed by atoms with Gasteiger partial charge < -0.3 is 10.1 Å². The molecule has 0 bridgehead atoms. The second-order valence-electron chi connectivity index (χ2n) is 8.11. The number of rotatable bonds is 3. The molecule has 2 aromatic carbocycles. The number of fused-ring (bicyclic) bond motifs is 1. The molecule has 0 spiro atoms. The molecule has 0 aliphatic carbocycles. The highest BCUT2D eigenvalue weighted by atomic mass is 19.4. The highest BCUT2D eigenvalue weighted by Crippen LogP contribution is 2.42. The first kappa shape index (κ1) is 26.5. The monoisotopic (exact) mass is 514 g/mol. The molecule has 2 atom stereocenters. The maximum Gasteiger partial charge on any atom is 0.416 e. The standard InChI is InChI=1S/C22H19F9N2O2/c1-11-5-18(16-4-3-13(20(23,24)25)9-17(16)32-11)33(19(34)35-2)10-12-6-14(21(26,27)28)8-15(7-12)22(29,30)31/h3-4,6-9,11,18,32H,5,10H2,1-2H3. The zero-order valence-electron chi connectivity index (χ0n) is 18.2. The fourth-order valence-corrected chi connectivity index (χ4v) is 3.96. The average molecular weight is 514 g/mol. The number of halogens is 9. The van der Waals surface area contributed by atoms with Crippen molar-refractivity contribution in [1.29, 1.82) is 0 Å². The van der Waals surface area contributed by atoms with Crippen molar-refractivity contribution in [3.8, 4) is 0 Å². The largest absolute Gasteiger partial charge is 0.453 e. The van der Waals surface area contributed by atoms with Gasteiger partial charge in [-0.3, -0.25) is 4.90 Å². The lowest BCUT2D eigenvalue weighted by atomic mass is 9.91. The number of alkyl halides is 9. The summed E-state index contributed by atoms with van der Waals surface area (Å²) in [6.07, 6.45) is -15.8. The van der Waals surface area contributed by atoms with Crippen LogP contribution in [-0.4, -0.2) is 24.1 Å². The summed E-state index contributed by atoms with van der Waals surface area (Å²) < 4.78 is 124. The molecule has 3 rings (SSSR count). The van der Waals surface area contributed by atoms with Gasteiger partial charge in [-0.15, -0.1) is 0 Å². The van der Waals surface area contributed by atoms with Gasteiger partial charge in [0.1, 0.15) is 0 Å². The molecule has 1 amide bonds. The Bertz CT molecular complexity index is 1060. The Morgan fingerprint density at radius 3 is 1.94 bits per heavy atom. The van der Waals surface area contributed by atoms with E-state index in [1.54, 1.807) is 6.92 Å². The van der Waals surface area contributed by atoms with Crippen molar-refractivity contribution in [3.63, 3.8) is 0 Å². The zero-order valence-corrected chi connectivity index (χ0v) is 18.2. The molecule has 1 aliphatic heterocycles. The molecule has 1 heterocycles. The second-order valence-corrected chi connectivity index (χ2v) is 8.11. The first-order chi connectivity index (χ1) is 16.0. The zero-order chi connectivity index (χ0) is 26.3.